The smallest absolute Gasteiger partial charge is 0.479 e. The molecule has 3 heterocycles. The van der Waals surface area contributed by atoms with Crippen molar-refractivity contribution < 1.29 is 22.9 Å². The summed E-state index contributed by atoms with van der Waals surface area (Å²) in [5.41, 5.74) is 7.85. The van der Waals surface area contributed by atoms with Crippen molar-refractivity contribution in [3.05, 3.63) is 36.2 Å². The van der Waals surface area contributed by atoms with Crippen molar-refractivity contribution in [2.75, 3.05) is 19.5 Å². The molecule has 0 radical (unpaired) electrons. The van der Waals surface area contributed by atoms with Gasteiger partial charge in [0.25, 0.3) is 0 Å². The zero-order valence-corrected chi connectivity index (χ0v) is 16.6. The molecule has 10 nitrogen and oxygen atoms in total. The third kappa shape index (κ3) is 3.33. The molecule has 1 saturated carbocycles. The lowest BCUT2D eigenvalue weighted by molar-refractivity contribution is 0.0797. The summed E-state index contributed by atoms with van der Waals surface area (Å²) in [6.07, 6.45) is 3.37. The van der Waals surface area contributed by atoms with Gasteiger partial charge in [0.1, 0.15) is 5.75 Å². The van der Waals surface area contributed by atoms with Crippen molar-refractivity contribution in [2.24, 2.45) is 5.92 Å². The number of nitrogens with zero attached hydrogens (tertiary/aromatic N) is 4. The molecule has 1 atom stereocenters. The Morgan fingerprint density at radius 3 is 2.97 bits per heavy atom. The fraction of sp³-hybridized carbons (Fsp3) is 0.389. The fourth-order valence-corrected chi connectivity index (χ4v) is 4.94. The van der Waals surface area contributed by atoms with Gasteiger partial charge < -0.3 is 19.6 Å². The van der Waals surface area contributed by atoms with E-state index in [1.54, 1.807) is 12.4 Å². The number of anilines is 1. The van der Waals surface area contributed by atoms with Gasteiger partial charge in [0.05, 0.1) is 26.7 Å². The number of hydrogen-bond donors (Lipinski definition) is 1. The van der Waals surface area contributed by atoms with E-state index in [-0.39, 0.29) is 24.5 Å². The summed E-state index contributed by atoms with van der Waals surface area (Å²) >= 11 is 0. The number of phosphoric acid groups is 1. The van der Waals surface area contributed by atoms with Crippen molar-refractivity contribution in [3.63, 3.8) is 0 Å². The minimum Gasteiger partial charge on any atom is -0.479 e. The predicted octanol–water partition coefficient (Wildman–Crippen LogP) is 3.10. The molecular weight excluding hydrogens is 397 g/mol. The van der Waals surface area contributed by atoms with Crippen LogP contribution in [0.4, 0.5) is 5.95 Å². The summed E-state index contributed by atoms with van der Waals surface area (Å²) in [5, 5.41) is 0. The first-order valence-electron chi connectivity index (χ1n) is 9.25. The first-order valence-corrected chi connectivity index (χ1v) is 10.7. The Bertz CT molecular complexity index is 1110. The number of imidazole rings is 1. The number of methoxy groups -OCH3 is 1. The lowest BCUT2D eigenvalue weighted by Crippen LogP contribution is -2.30. The number of nitrogens with two attached hydrogens (primary N) is 1. The van der Waals surface area contributed by atoms with Crippen LogP contribution in [0.25, 0.3) is 11.2 Å². The normalized spacial score (nSPS) is 25.8. The van der Waals surface area contributed by atoms with Gasteiger partial charge in [0.2, 0.25) is 11.8 Å². The highest BCUT2D eigenvalue weighted by molar-refractivity contribution is 7.49. The SMILES string of the molecule is COc1nc(N)nc2c1ncn2C1CC(COP2(=O)OCc3ccccc3O2)C1. The van der Waals surface area contributed by atoms with Crippen LogP contribution < -0.4 is 15.0 Å². The summed E-state index contributed by atoms with van der Waals surface area (Å²) in [4.78, 5) is 12.7. The quantitative estimate of drug-likeness (QED) is 0.624. The molecule has 152 valence electrons. The molecule has 1 aromatic carbocycles. The van der Waals surface area contributed by atoms with Crippen LogP contribution in [0.5, 0.6) is 11.6 Å². The Hall–Kier alpha value is -2.68. The maximum atomic E-state index is 12.7. The minimum atomic E-state index is -3.59. The molecule has 0 bridgehead atoms. The molecule has 0 spiro atoms. The van der Waals surface area contributed by atoms with Crippen LogP contribution in [0.3, 0.4) is 0 Å². The molecule has 1 fully saturated rings. The van der Waals surface area contributed by atoms with Gasteiger partial charge in [-0.3, -0.25) is 9.05 Å². The van der Waals surface area contributed by atoms with Crippen molar-refractivity contribution in [1.82, 2.24) is 19.5 Å². The predicted molar refractivity (Wildman–Crippen MR) is 103 cm³/mol. The Kier molecular flexibility index (Phi) is 4.42. The molecule has 1 aliphatic carbocycles. The molecule has 2 aromatic heterocycles. The summed E-state index contributed by atoms with van der Waals surface area (Å²) in [6.45, 7) is 0.508. The zero-order valence-electron chi connectivity index (χ0n) is 15.7. The van der Waals surface area contributed by atoms with E-state index in [1.165, 1.54) is 7.11 Å². The molecule has 29 heavy (non-hydrogen) atoms. The second-order valence-electron chi connectivity index (χ2n) is 7.12. The lowest BCUT2D eigenvalue weighted by Gasteiger charge is -2.36. The fourth-order valence-electron chi connectivity index (χ4n) is 3.65. The molecule has 11 heteroatoms. The Morgan fingerprint density at radius 1 is 1.31 bits per heavy atom. The number of benzene rings is 1. The van der Waals surface area contributed by atoms with Gasteiger partial charge in [0.15, 0.2) is 11.2 Å². The monoisotopic (exact) mass is 417 g/mol. The standard InChI is InChI=1S/C18H20N5O5P/c1-25-17-15-16(21-18(19)22-17)23(10-20-15)13-6-11(7-13)8-26-29(24)27-9-12-4-2-3-5-14(12)28-29/h2-5,10-11,13H,6-9H2,1H3,(H2,19,21,22). The number of hydrogen-bond acceptors (Lipinski definition) is 9. The van der Waals surface area contributed by atoms with E-state index < -0.39 is 7.82 Å². The van der Waals surface area contributed by atoms with Crippen LogP contribution in [-0.4, -0.2) is 33.2 Å². The molecule has 1 unspecified atom stereocenters. The van der Waals surface area contributed by atoms with Gasteiger partial charge in [-0.05, 0) is 24.8 Å². The minimum absolute atomic E-state index is 0.139. The van der Waals surface area contributed by atoms with Crippen molar-refractivity contribution in [1.29, 1.82) is 0 Å². The van der Waals surface area contributed by atoms with Crippen LogP contribution in [0.15, 0.2) is 30.6 Å². The van der Waals surface area contributed by atoms with Crippen LogP contribution in [0, 0.1) is 5.92 Å². The van der Waals surface area contributed by atoms with E-state index in [2.05, 4.69) is 15.0 Å². The summed E-state index contributed by atoms with van der Waals surface area (Å²) < 4.78 is 36.3. The van der Waals surface area contributed by atoms with E-state index in [9.17, 15) is 4.57 Å². The van der Waals surface area contributed by atoms with Gasteiger partial charge in [0, 0.05) is 11.6 Å². The molecule has 3 aromatic rings. The highest BCUT2D eigenvalue weighted by atomic mass is 31.2. The van der Waals surface area contributed by atoms with E-state index >= 15 is 0 Å². The zero-order chi connectivity index (χ0) is 20.0. The number of fused-ring (bicyclic) bond motifs is 2. The van der Waals surface area contributed by atoms with E-state index in [4.69, 9.17) is 24.0 Å². The average molecular weight is 417 g/mol. The van der Waals surface area contributed by atoms with Crippen LogP contribution in [0.2, 0.25) is 0 Å². The van der Waals surface area contributed by atoms with Crippen LogP contribution in [-0.2, 0) is 20.2 Å². The van der Waals surface area contributed by atoms with Gasteiger partial charge in [-0.1, -0.05) is 18.2 Å². The van der Waals surface area contributed by atoms with Crippen molar-refractivity contribution in [3.8, 4) is 11.6 Å². The summed E-state index contributed by atoms with van der Waals surface area (Å²) in [7, 11) is -2.07. The maximum absolute atomic E-state index is 12.7. The molecule has 2 N–H and O–H groups in total. The second-order valence-corrected chi connectivity index (χ2v) is 8.72. The molecule has 2 aliphatic rings. The number of nitrogen functional groups attached to an aromatic ring is 1. The second kappa shape index (κ2) is 6.98. The van der Waals surface area contributed by atoms with E-state index in [0.29, 0.717) is 29.4 Å². The molecule has 5 rings (SSSR count). The number of aromatic nitrogens is 4. The molecule has 0 amide bonds. The molecule has 1 aliphatic heterocycles. The topological polar surface area (TPSA) is 124 Å². The average Bonchev–Trinajstić information content (AvgIpc) is 3.09. The lowest BCUT2D eigenvalue weighted by atomic mass is 9.81. The van der Waals surface area contributed by atoms with Crippen molar-refractivity contribution >= 4 is 24.9 Å². The van der Waals surface area contributed by atoms with Crippen LogP contribution in [0.1, 0.15) is 24.4 Å². The van der Waals surface area contributed by atoms with Gasteiger partial charge in [-0.2, -0.15) is 9.97 Å². The summed E-state index contributed by atoms with van der Waals surface area (Å²) in [6, 6.07) is 7.54. The molecular formula is C18H20N5O5P. The largest absolute Gasteiger partial charge is 0.530 e. The Morgan fingerprint density at radius 2 is 2.14 bits per heavy atom. The van der Waals surface area contributed by atoms with E-state index in [1.807, 2.05) is 22.8 Å². The summed E-state index contributed by atoms with van der Waals surface area (Å²) in [5.74, 6) is 1.27. The van der Waals surface area contributed by atoms with Crippen LogP contribution >= 0.6 is 7.82 Å². The highest BCUT2D eigenvalue weighted by Crippen LogP contribution is 2.55. The van der Waals surface area contributed by atoms with Gasteiger partial charge >= 0.3 is 7.82 Å². The Balaban J connectivity index is 1.22. The molecule has 0 saturated heterocycles. The van der Waals surface area contributed by atoms with Gasteiger partial charge in [-0.25, -0.2) is 9.55 Å². The number of rotatable bonds is 5. The number of phosphoric ester groups is 1. The highest BCUT2D eigenvalue weighted by Gasteiger charge is 2.38. The third-order valence-corrected chi connectivity index (χ3v) is 6.56. The third-order valence-electron chi connectivity index (χ3n) is 5.23. The number of para-hydroxylation sites is 1. The van der Waals surface area contributed by atoms with Gasteiger partial charge in [-0.15, -0.1) is 0 Å². The van der Waals surface area contributed by atoms with Crippen molar-refractivity contribution in [2.45, 2.75) is 25.5 Å². The Labute approximate surface area is 166 Å². The maximum Gasteiger partial charge on any atom is 0.530 e. The number of ether oxygens (including phenoxy) is 1. The first kappa shape index (κ1) is 18.4. The first-order chi connectivity index (χ1) is 14.0. The van der Waals surface area contributed by atoms with E-state index in [0.717, 1.165) is 18.4 Å².